The zero-order valence-electron chi connectivity index (χ0n) is 30.4. The van der Waals surface area contributed by atoms with Gasteiger partial charge in [0.1, 0.15) is 0 Å². The molecule has 0 unspecified atom stereocenters. The van der Waals surface area contributed by atoms with E-state index in [0.717, 1.165) is 26.0 Å². The SMILES string of the molecule is CCCCC/C=C\C/C=C\CCCCCCCCC(CCCCCCCC/C=C\C/C=C\CCCCC)NOCCN(C)C. The van der Waals surface area contributed by atoms with Crippen LogP contribution < -0.4 is 5.48 Å². The van der Waals surface area contributed by atoms with E-state index in [2.05, 4.69) is 86.9 Å². The lowest BCUT2D eigenvalue weighted by Gasteiger charge is -2.19. The monoisotopic (exact) mass is 615 g/mol. The van der Waals surface area contributed by atoms with Crippen LogP contribution >= 0.6 is 0 Å². The molecule has 0 amide bonds. The summed E-state index contributed by atoms with van der Waals surface area (Å²) in [5.74, 6) is 0. The van der Waals surface area contributed by atoms with E-state index in [0.29, 0.717) is 6.04 Å². The number of rotatable bonds is 35. The van der Waals surface area contributed by atoms with Crippen LogP contribution in [0.2, 0.25) is 0 Å². The van der Waals surface area contributed by atoms with Gasteiger partial charge in [-0.3, -0.25) is 0 Å². The summed E-state index contributed by atoms with van der Waals surface area (Å²) in [6.07, 6.45) is 52.9. The molecule has 0 aliphatic carbocycles. The normalized spacial score (nSPS) is 12.6. The summed E-state index contributed by atoms with van der Waals surface area (Å²) in [5.41, 5.74) is 3.43. The fourth-order valence-electron chi connectivity index (χ4n) is 5.43. The van der Waals surface area contributed by atoms with Crippen molar-refractivity contribution in [1.29, 1.82) is 0 Å². The van der Waals surface area contributed by atoms with Crippen LogP contribution in [0.5, 0.6) is 0 Å². The molecule has 258 valence electrons. The zero-order chi connectivity index (χ0) is 32.0. The molecule has 0 aromatic rings. The minimum absolute atomic E-state index is 0.508. The largest absolute Gasteiger partial charge is 0.307 e. The quantitative estimate of drug-likeness (QED) is 0.0436. The maximum absolute atomic E-state index is 5.85. The van der Waals surface area contributed by atoms with Gasteiger partial charge in [0.05, 0.1) is 6.61 Å². The highest BCUT2D eigenvalue weighted by Gasteiger charge is 2.08. The number of nitrogens with zero attached hydrogens (tertiary/aromatic N) is 1. The van der Waals surface area contributed by atoms with Crippen molar-refractivity contribution in [3.8, 4) is 0 Å². The summed E-state index contributed by atoms with van der Waals surface area (Å²) in [4.78, 5) is 8.03. The molecule has 0 fully saturated rings. The second kappa shape index (κ2) is 38.0. The number of likely N-dealkylation sites (N-methyl/N-ethyl adjacent to an activating group) is 1. The smallest absolute Gasteiger partial charge is 0.0809 e. The van der Waals surface area contributed by atoms with Crippen LogP contribution in [0.25, 0.3) is 0 Å². The lowest BCUT2D eigenvalue weighted by Crippen LogP contribution is -2.32. The van der Waals surface area contributed by atoms with Gasteiger partial charge in [0.2, 0.25) is 0 Å². The molecule has 0 radical (unpaired) electrons. The summed E-state index contributed by atoms with van der Waals surface area (Å²) in [6.45, 7) is 6.27. The maximum atomic E-state index is 5.85. The third-order valence-electron chi connectivity index (χ3n) is 8.40. The lowest BCUT2D eigenvalue weighted by molar-refractivity contribution is 0.00421. The van der Waals surface area contributed by atoms with Crippen molar-refractivity contribution in [2.75, 3.05) is 27.2 Å². The molecule has 0 rings (SSSR count). The predicted molar refractivity (Wildman–Crippen MR) is 199 cm³/mol. The Balaban J connectivity index is 3.83. The van der Waals surface area contributed by atoms with Crippen molar-refractivity contribution < 1.29 is 4.84 Å². The van der Waals surface area contributed by atoms with E-state index in [1.165, 1.54) is 154 Å². The summed E-state index contributed by atoms with van der Waals surface area (Å²) >= 11 is 0. The molecule has 0 aromatic carbocycles. The molecule has 3 heteroatoms. The van der Waals surface area contributed by atoms with Crippen molar-refractivity contribution in [2.45, 2.75) is 187 Å². The molecular weight excluding hydrogens is 536 g/mol. The Labute approximate surface area is 277 Å². The lowest BCUT2D eigenvalue weighted by atomic mass is 10.0. The first-order chi connectivity index (χ1) is 21.7. The third kappa shape index (κ3) is 37.0. The fourth-order valence-corrected chi connectivity index (χ4v) is 5.43. The van der Waals surface area contributed by atoms with Gasteiger partial charge in [-0.15, -0.1) is 0 Å². The predicted octanol–water partition coefficient (Wildman–Crippen LogP) is 12.8. The van der Waals surface area contributed by atoms with Crippen LogP contribution in [0.15, 0.2) is 48.6 Å². The van der Waals surface area contributed by atoms with E-state index in [1.807, 2.05) is 0 Å². The molecule has 0 atom stereocenters. The van der Waals surface area contributed by atoms with Crippen LogP contribution in [-0.4, -0.2) is 38.2 Å². The summed E-state index contributed by atoms with van der Waals surface area (Å²) in [6, 6.07) is 0.508. The Kier molecular flexibility index (Phi) is 37.0. The zero-order valence-corrected chi connectivity index (χ0v) is 30.4. The Morgan fingerprint density at radius 3 is 1.23 bits per heavy atom. The highest BCUT2D eigenvalue weighted by atomic mass is 16.6. The van der Waals surface area contributed by atoms with Gasteiger partial charge < -0.3 is 9.74 Å². The van der Waals surface area contributed by atoms with Crippen LogP contribution in [0.3, 0.4) is 0 Å². The van der Waals surface area contributed by atoms with Crippen molar-refractivity contribution in [1.82, 2.24) is 10.4 Å². The van der Waals surface area contributed by atoms with Gasteiger partial charge in [0, 0.05) is 12.6 Å². The first-order valence-electron chi connectivity index (χ1n) is 19.3. The summed E-state index contributed by atoms with van der Waals surface area (Å²) in [7, 11) is 4.21. The molecule has 0 saturated carbocycles. The first-order valence-corrected chi connectivity index (χ1v) is 19.3. The van der Waals surface area contributed by atoms with Gasteiger partial charge in [-0.25, -0.2) is 0 Å². The summed E-state index contributed by atoms with van der Waals surface area (Å²) < 4.78 is 0. The van der Waals surface area contributed by atoms with E-state index >= 15 is 0 Å². The Morgan fingerprint density at radius 1 is 0.477 bits per heavy atom. The Morgan fingerprint density at radius 2 is 0.841 bits per heavy atom. The van der Waals surface area contributed by atoms with Gasteiger partial charge in [0.15, 0.2) is 0 Å². The minimum atomic E-state index is 0.508. The van der Waals surface area contributed by atoms with Gasteiger partial charge in [0.25, 0.3) is 0 Å². The molecular formula is C41H78N2O. The molecule has 1 N–H and O–H groups in total. The van der Waals surface area contributed by atoms with Crippen molar-refractivity contribution in [3.63, 3.8) is 0 Å². The van der Waals surface area contributed by atoms with Gasteiger partial charge in [-0.05, 0) is 91.1 Å². The highest BCUT2D eigenvalue weighted by Crippen LogP contribution is 2.15. The van der Waals surface area contributed by atoms with E-state index in [4.69, 9.17) is 4.84 Å². The number of unbranched alkanes of at least 4 members (excludes halogenated alkanes) is 18. The molecule has 0 bridgehead atoms. The van der Waals surface area contributed by atoms with Crippen molar-refractivity contribution in [3.05, 3.63) is 48.6 Å². The Hall–Kier alpha value is -1.16. The van der Waals surface area contributed by atoms with Crippen molar-refractivity contribution in [2.24, 2.45) is 0 Å². The second-order valence-electron chi connectivity index (χ2n) is 13.2. The van der Waals surface area contributed by atoms with Gasteiger partial charge in [-0.2, -0.15) is 5.48 Å². The van der Waals surface area contributed by atoms with Crippen LogP contribution in [0, 0.1) is 0 Å². The van der Waals surface area contributed by atoms with Gasteiger partial charge >= 0.3 is 0 Å². The van der Waals surface area contributed by atoms with Crippen LogP contribution in [-0.2, 0) is 4.84 Å². The molecule has 0 aromatic heterocycles. The van der Waals surface area contributed by atoms with Crippen molar-refractivity contribution >= 4 is 0 Å². The molecule has 0 heterocycles. The van der Waals surface area contributed by atoms with Crippen LogP contribution in [0.1, 0.15) is 181 Å². The van der Waals surface area contributed by atoms with E-state index in [9.17, 15) is 0 Å². The first kappa shape index (κ1) is 42.8. The topological polar surface area (TPSA) is 24.5 Å². The van der Waals surface area contributed by atoms with E-state index < -0.39 is 0 Å². The molecule has 0 spiro atoms. The van der Waals surface area contributed by atoms with E-state index in [-0.39, 0.29) is 0 Å². The highest BCUT2D eigenvalue weighted by molar-refractivity contribution is 4.93. The maximum Gasteiger partial charge on any atom is 0.0809 e. The molecule has 0 aliphatic rings. The number of allylic oxidation sites excluding steroid dienone is 8. The van der Waals surface area contributed by atoms with Gasteiger partial charge in [-0.1, -0.05) is 152 Å². The van der Waals surface area contributed by atoms with E-state index in [1.54, 1.807) is 0 Å². The number of hydrogen-bond donors (Lipinski definition) is 1. The van der Waals surface area contributed by atoms with Crippen LogP contribution in [0.4, 0.5) is 0 Å². The third-order valence-corrected chi connectivity index (χ3v) is 8.40. The molecule has 0 saturated heterocycles. The fraction of sp³-hybridized carbons (Fsp3) is 0.805. The summed E-state index contributed by atoms with van der Waals surface area (Å²) in [5, 5.41) is 0. The number of hydrogen-bond acceptors (Lipinski definition) is 3. The molecule has 3 nitrogen and oxygen atoms in total. The molecule has 0 aliphatic heterocycles. The second-order valence-corrected chi connectivity index (χ2v) is 13.2. The number of hydroxylamine groups is 1. The average molecular weight is 615 g/mol. The Bertz CT molecular complexity index is 603. The average Bonchev–Trinajstić information content (AvgIpc) is 3.02. The standard InChI is InChI=1S/C41H78N2O/c1-5-7-9-11-13-15-17-19-21-23-25-27-29-31-33-35-37-41(42-44-40-39-43(3)4)38-36-34-32-30-28-26-24-22-20-18-16-14-12-10-8-6-2/h13-16,19-22,41-42H,5-12,17-18,23-40H2,1-4H3/b15-13-,16-14-,21-19-,22-20-. The number of nitrogens with one attached hydrogen (secondary N) is 1. The minimum Gasteiger partial charge on any atom is -0.307 e. The molecule has 44 heavy (non-hydrogen) atoms.